The lowest BCUT2D eigenvalue weighted by atomic mass is 10.1. The Morgan fingerprint density at radius 3 is 2.20 bits per heavy atom. The number of anilines is 1. The van der Waals surface area contributed by atoms with Crippen LogP contribution in [0.25, 0.3) is 0 Å². The van der Waals surface area contributed by atoms with Crippen LogP contribution >= 0.6 is 11.3 Å². The van der Waals surface area contributed by atoms with Crippen LogP contribution in [-0.4, -0.2) is 40.8 Å². The molecule has 0 atom stereocenters. The molecule has 0 aliphatic rings. The molecule has 0 spiro atoms. The van der Waals surface area contributed by atoms with E-state index in [0.29, 0.717) is 0 Å². The lowest BCUT2D eigenvalue weighted by Crippen LogP contribution is -2.16. The Morgan fingerprint density at radius 2 is 1.76 bits per heavy atom. The molecule has 8 nitrogen and oxygen atoms in total. The Labute approximate surface area is 149 Å². The Hall–Kier alpha value is -2.46. The number of hydrogen-bond acceptors (Lipinski definition) is 7. The molecule has 136 valence electrons. The number of hydrogen-bond donors (Lipinski definition) is 2. The van der Waals surface area contributed by atoms with Crippen LogP contribution in [0, 0.1) is 6.92 Å². The van der Waals surface area contributed by atoms with E-state index in [0.717, 1.165) is 16.2 Å². The summed E-state index contributed by atoms with van der Waals surface area (Å²) in [5, 5.41) is 9.46. The molecule has 25 heavy (non-hydrogen) atoms. The van der Waals surface area contributed by atoms with Gasteiger partial charge in [-0.1, -0.05) is 0 Å². The molecule has 10 heteroatoms. The predicted octanol–water partition coefficient (Wildman–Crippen LogP) is 2.58. The smallest absolute Gasteiger partial charge is 0.338 e. The van der Waals surface area contributed by atoms with Crippen molar-refractivity contribution in [1.29, 1.82) is 0 Å². The molecule has 0 fully saturated rings. The summed E-state index contributed by atoms with van der Waals surface area (Å²) in [6, 6.07) is 4.26. The summed E-state index contributed by atoms with van der Waals surface area (Å²) < 4.78 is 43.0. The lowest BCUT2D eigenvalue weighted by molar-refractivity contribution is 0.0697. The first kappa shape index (κ1) is 18.9. The van der Waals surface area contributed by atoms with E-state index >= 15 is 0 Å². The molecule has 1 aromatic heterocycles. The third-order valence-corrected chi connectivity index (χ3v) is 6.12. The molecule has 2 aromatic rings. The number of nitrogens with one attached hydrogen (secondary N) is 1. The second kappa shape index (κ2) is 7.19. The first-order valence-electron chi connectivity index (χ1n) is 6.90. The van der Waals surface area contributed by atoms with Crippen molar-refractivity contribution in [3.8, 4) is 17.2 Å². The third kappa shape index (κ3) is 3.64. The number of methoxy groups -OCH3 is 3. The van der Waals surface area contributed by atoms with Gasteiger partial charge in [-0.25, -0.2) is 13.2 Å². The normalized spacial score (nSPS) is 11.0. The average Bonchev–Trinajstić information content (AvgIpc) is 3.00. The van der Waals surface area contributed by atoms with Gasteiger partial charge in [0.1, 0.15) is 9.90 Å². The number of thiophene rings is 1. The van der Waals surface area contributed by atoms with E-state index in [1.807, 2.05) is 0 Å². The summed E-state index contributed by atoms with van der Waals surface area (Å²) in [4.78, 5) is 12.4. The first-order chi connectivity index (χ1) is 11.7. The molecule has 0 saturated heterocycles. The van der Waals surface area contributed by atoms with Crippen LogP contribution in [0.15, 0.2) is 22.4 Å². The van der Waals surface area contributed by atoms with Gasteiger partial charge in [0.2, 0.25) is 5.75 Å². The molecule has 0 saturated carbocycles. The van der Waals surface area contributed by atoms with Crippen molar-refractivity contribution in [2.75, 3.05) is 26.1 Å². The number of rotatable bonds is 7. The molecule has 0 amide bonds. The lowest BCUT2D eigenvalue weighted by Gasteiger charge is -2.18. The minimum atomic E-state index is -4.00. The highest BCUT2D eigenvalue weighted by molar-refractivity contribution is 7.94. The Kier molecular flexibility index (Phi) is 5.43. The number of carbonyl (C=O) groups is 1. The SMILES string of the molecule is COc1cc(C(=O)O)c(NS(=O)(=O)c2ccc(C)s2)c(OC)c1OC. The second-order valence-corrected chi connectivity index (χ2v) is 8.04. The van der Waals surface area contributed by atoms with E-state index < -0.39 is 16.0 Å². The van der Waals surface area contributed by atoms with Crippen molar-refractivity contribution in [3.05, 3.63) is 28.6 Å². The van der Waals surface area contributed by atoms with Crippen molar-refractivity contribution in [2.24, 2.45) is 0 Å². The third-order valence-electron chi connectivity index (χ3n) is 3.28. The summed E-state index contributed by atoms with van der Waals surface area (Å²) in [6.45, 7) is 1.77. The summed E-state index contributed by atoms with van der Waals surface area (Å²) >= 11 is 1.06. The average molecular weight is 387 g/mol. The van der Waals surface area contributed by atoms with Crippen LogP contribution in [0.5, 0.6) is 17.2 Å². The zero-order chi connectivity index (χ0) is 18.8. The zero-order valence-corrected chi connectivity index (χ0v) is 15.6. The van der Waals surface area contributed by atoms with Crippen molar-refractivity contribution in [3.63, 3.8) is 0 Å². The second-order valence-electron chi connectivity index (χ2n) is 4.84. The van der Waals surface area contributed by atoms with Crippen molar-refractivity contribution in [2.45, 2.75) is 11.1 Å². The van der Waals surface area contributed by atoms with E-state index in [2.05, 4.69) is 4.72 Å². The minimum Gasteiger partial charge on any atom is -0.493 e. The summed E-state index contributed by atoms with van der Waals surface area (Å²) in [6.07, 6.45) is 0. The van der Waals surface area contributed by atoms with Gasteiger partial charge in [0, 0.05) is 10.9 Å². The standard InChI is InChI=1S/C15H17NO7S2/c1-8-5-6-11(24-8)25(19,20)16-12-9(15(17)18)7-10(21-2)13(22-3)14(12)23-4/h5-7,16H,1-4H3,(H,17,18). The number of aromatic carboxylic acids is 1. The highest BCUT2D eigenvalue weighted by atomic mass is 32.2. The van der Waals surface area contributed by atoms with Crippen LogP contribution < -0.4 is 18.9 Å². The number of benzene rings is 1. The van der Waals surface area contributed by atoms with Gasteiger partial charge < -0.3 is 19.3 Å². The first-order valence-corrected chi connectivity index (χ1v) is 9.20. The van der Waals surface area contributed by atoms with Crippen molar-refractivity contribution >= 4 is 33.0 Å². The van der Waals surface area contributed by atoms with E-state index in [1.54, 1.807) is 13.0 Å². The quantitative estimate of drug-likeness (QED) is 0.751. The zero-order valence-electron chi connectivity index (χ0n) is 13.9. The minimum absolute atomic E-state index is 0.0539. The van der Waals surface area contributed by atoms with Crippen molar-refractivity contribution in [1.82, 2.24) is 0 Å². The topological polar surface area (TPSA) is 111 Å². The van der Waals surface area contributed by atoms with Gasteiger partial charge in [-0.15, -0.1) is 11.3 Å². The van der Waals surface area contributed by atoms with Crippen LogP contribution in [0.4, 0.5) is 5.69 Å². The number of ether oxygens (including phenoxy) is 3. The molecule has 0 radical (unpaired) electrons. The maximum absolute atomic E-state index is 12.6. The molecule has 1 aromatic carbocycles. The maximum atomic E-state index is 12.6. The monoisotopic (exact) mass is 387 g/mol. The molecular weight excluding hydrogens is 370 g/mol. The van der Waals surface area contributed by atoms with Gasteiger partial charge >= 0.3 is 5.97 Å². The van der Waals surface area contributed by atoms with Crippen LogP contribution in [-0.2, 0) is 10.0 Å². The summed E-state index contributed by atoms with van der Waals surface area (Å²) in [5.74, 6) is -1.25. The van der Waals surface area contributed by atoms with E-state index in [9.17, 15) is 18.3 Å². The highest BCUT2D eigenvalue weighted by Crippen LogP contribution is 2.46. The fraction of sp³-hybridized carbons (Fsp3) is 0.267. The Bertz CT molecular complexity index is 903. The van der Waals surface area contributed by atoms with E-state index in [4.69, 9.17) is 14.2 Å². The van der Waals surface area contributed by atoms with E-state index in [-0.39, 0.29) is 32.7 Å². The molecule has 0 aliphatic carbocycles. The molecule has 0 aliphatic heterocycles. The Balaban J connectivity index is 2.68. The number of carboxylic acid groups (broad SMARTS) is 1. The van der Waals surface area contributed by atoms with Crippen LogP contribution in [0.1, 0.15) is 15.2 Å². The van der Waals surface area contributed by atoms with Crippen LogP contribution in [0.2, 0.25) is 0 Å². The van der Waals surface area contributed by atoms with Gasteiger partial charge in [0.25, 0.3) is 10.0 Å². The molecule has 1 heterocycles. The number of aryl methyl sites for hydroxylation is 1. The number of carboxylic acids is 1. The summed E-state index contributed by atoms with van der Waals surface area (Å²) in [5.41, 5.74) is -0.565. The molecular formula is C15H17NO7S2. The largest absolute Gasteiger partial charge is 0.493 e. The Morgan fingerprint density at radius 1 is 1.12 bits per heavy atom. The van der Waals surface area contributed by atoms with Gasteiger partial charge in [0.15, 0.2) is 11.5 Å². The fourth-order valence-electron chi connectivity index (χ4n) is 2.17. The maximum Gasteiger partial charge on any atom is 0.338 e. The van der Waals surface area contributed by atoms with Gasteiger partial charge in [-0.05, 0) is 19.1 Å². The van der Waals surface area contributed by atoms with Crippen molar-refractivity contribution < 1.29 is 32.5 Å². The molecule has 2 rings (SSSR count). The van der Waals surface area contributed by atoms with Crippen LogP contribution in [0.3, 0.4) is 0 Å². The van der Waals surface area contributed by atoms with Gasteiger partial charge in [-0.2, -0.15) is 0 Å². The number of sulfonamides is 1. The molecule has 0 bridgehead atoms. The van der Waals surface area contributed by atoms with Gasteiger partial charge in [-0.3, -0.25) is 4.72 Å². The highest BCUT2D eigenvalue weighted by Gasteiger charge is 2.28. The fourth-order valence-corrected chi connectivity index (χ4v) is 4.53. The van der Waals surface area contributed by atoms with E-state index in [1.165, 1.54) is 33.5 Å². The molecule has 0 unspecified atom stereocenters. The summed E-state index contributed by atoms with van der Waals surface area (Å²) in [7, 11) is -0.0535. The van der Waals surface area contributed by atoms with Gasteiger partial charge in [0.05, 0.1) is 26.9 Å². The predicted molar refractivity (Wildman–Crippen MR) is 92.9 cm³/mol. The molecule has 2 N–H and O–H groups in total.